The topological polar surface area (TPSA) is 214 Å². The van der Waals surface area contributed by atoms with Crippen LogP contribution < -0.4 is 27.4 Å². The first-order chi connectivity index (χ1) is 13.9. The zero-order valence-corrected chi connectivity index (χ0v) is 18.0. The van der Waals surface area contributed by atoms with Crippen molar-refractivity contribution in [2.45, 2.75) is 50.9 Å². The molecule has 0 aromatic heterocycles. The molecule has 12 nitrogen and oxygen atoms in total. The largest absolute Gasteiger partial charge is 0.480 e. The third-order valence-corrected chi connectivity index (χ3v) is 4.74. The number of hydrogen-bond acceptors (Lipinski definition) is 8. The number of amides is 4. The van der Waals surface area contributed by atoms with E-state index >= 15 is 0 Å². The molecule has 0 bridgehead atoms. The summed E-state index contributed by atoms with van der Waals surface area (Å²) in [6.45, 7) is 2.60. The molecule has 0 saturated carbocycles. The number of carbonyl (C=O) groups is 5. The average Bonchev–Trinajstić information content (AvgIpc) is 2.66. The van der Waals surface area contributed by atoms with Crippen molar-refractivity contribution in [1.82, 2.24) is 16.0 Å². The molecule has 0 spiro atoms. The van der Waals surface area contributed by atoms with Gasteiger partial charge in [-0.05, 0) is 24.3 Å². The number of rotatable bonds is 14. The van der Waals surface area contributed by atoms with Gasteiger partial charge >= 0.3 is 5.97 Å². The summed E-state index contributed by atoms with van der Waals surface area (Å²) in [7, 11) is 0. The van der Waals surface area contributed by atoms with Crippen LogP contribution in [0.5, 0.6) is 0 Å². The van der Waals surface area contributed by atoms with Gasteiger partial charge in [0, 0.05) is 0 Å². The number of nitrogens with one attached hydrogen (secondary N) is 3. The Morgan fingerprint density at radius 1 is 0.933 bits per heavy atom. The van der Waals surface area contributed by atoms with Gasteiger partial charge in [-0.15, -0.1) is 0 Å². The Balaban J connectivity index is 5.26. The Morgan fingerprint density at radius 2 is 1.43 bits per heavy atom. The number of thioether (sulfide) groups is 1. The van der Waals surface area contributed by atoms with E-state index in [-0.39, 0.29) is 12.3 Å². The standard InChI is InChI=1S/C17H31N5O7S/c1-8(2)13(19)16(27)22-11(7-23)15(26)21-10(6-12(18)24)14(25)20-9(17(28)29)4-5-30-3/h8-11,13,23H,4-7,19H2,1-3H3,(H2,18,24)(H,20,25)(H,21,26)(H,22,27)(H,28,29). The summed E-state index contributed by atoms with van der Waals surface area (Å²) in [5, 5.41) is 25.4. The summed E-state index contributed by atoms with van der Waals surface area (Å²) in [6, 6.07) is -5.08. The Labute approximate surface area is 178 Å². The monoisotopic (exact) mass is 449 g/mol. The van der Waals surface area contributed by atoms with Gasteiger partial charge in [-0.3, -0.25) is 19.2 Å². The Morgan fingerprint density at radius 3 is 1.87 bits per heavy atom. The lowest BCUT2D eigenvalue weighted by atomic mass is 10.0. The lowest BCUT2D eigenvalue weighted by molar-refractivity contribution is -0.142. The van der Waals surface area contributed by atoms with Crippen LogP contribution >= 0.6 is 11.8 Å². The summed E-state index contributed by atoms with van der Waals surface area (Å²) in [5.41, 5.74) is 10.8. The Hall–Kier alpha value is -2.38. The minimum absolute atomic E-state index is 0.127. The van der Waals surface area contributed by atoms with Crippen molar-refractivity contribution in [3.8, 4) is 0 Å². The lowest BCUT2D eigenvalue weighted by Gasteiger charge is -2.24. The van der Waals surface area contributed by atoms with Crippen molar-refractivity contribution in [3.05, 3.63) is 0 Å². The van der Waals surface area contributed by atoms with Gasteiger partial charge in [-0.25, -0.2) is 4.79 Å². The third-order valence-electron chi connectivity index (χ3n) is 4.10. The summed E-state index contributed by atoms with van der Waals surface area (Å²) in [6.07, 6.45) is 1.29. The average molecular weight is 450 g/mol. The van der Waals surface area contributed by atoms with Gasteiger partial charge in [0.05, 0.1) is 19.1 Å². The zero-order valence-electron chi connectivity index (χ0n) is 17.2. The normalized spacial score (nSPS) is 14.9. The van der Waals surface area contributed by atoms with Crippen LogP contribution in [0.2, 0.25) is 0 Å². The molecular weight excluding hydrogens is 418 g/mol. The minimum Gasteiger partial charge on any atom is -0.480 e. The number of aliphatic carboxylic acids is 1. The lowest BCUT2D eigenvalue weighted by Crippen LogP contribution is -2.59. The second kappa shape index (κ2) is 13.8. The molecular formula is C17H31N5O7S. The summed E-state index contributed by atoms with van der Waals surface area (Å²) in [4.78, 5) is 59.5. The molecule has 4 atom stereocenters. The quantitative estimate of drug-likeness (QED) is 0.145. The van der Waals surface area contributed by atoms with Crippen LogP contribution in [0.15, 0.2) is 0 Å². The molecule has 172 valence electrons. The van der Waals surface area contributed by atoms with Crippen molar-refractivity contribution in [2.75, 3.05) is 18.6 Å². The van der Waals surface area contributed by atoms with Crippen molar-refractivity contribution < 1.29 is 34.2 Å². The van der Waals surface area contributed by atoms with Gasteiger partial charge in [0.1, 0.15) is 18.1 Å². The van der Waals surface area contributed by atoms with E-state index in [1.807, 2.05) is 0 Å². The smallest absolute Gasteiger partial charge is 0.326 e. The molecule has 4 amide bonds. The molecule has 0 aliphatic heterocycles. The molecule has 0 aliphatic rings. The number of carboxylic acid groups (broad SMARTS) is 1. The first-order valence-corrected chi connectivity index (χ1v) is 10.6. The molecule has 4 unspecified atom stereocenters. The van der Waals surface area contributed by atoms with E-state index in [0.717, 1.165) is 0 Å². The highest BCUT2D eigenvalue weighted by Crippen LogP contribution is 2.03. The van der Waals surface area contributed by atoms with Gasteiger partial charge in [-0.2, -0.15) is 11.8 Å². The Kier molecular flexibility index (Phi) is 12.7. The number of primary amides is 1. The van der Waals surface area contributed by atoms with E-state index in [9.17, 15) is 34.2 Å². The van der Waals surface area contributed by atoms with Crippen molar-refractivity contribution in [2.24, 2.45) is 17.4 Å². The molecule has 0 saturated heterocycles. The molecule has 0 aromatic carbocycles. The fourth-order valence-corrected chi connectivity index (χ4v) is 2.68. The Bertz CT molecular complexity index is 632. The van der Waals surface area contributed by atoms with E-state index in [1.165, 1.54) is 11.8 Å². The first-order valence-electron chi connectivity index (χ1n) is 9.22. The van der Waals surface area contributed by atoms with Crippen molar-refractivity contribution >= 4 is 41.4 Å². The number of aliphatic hydroxyl groups is 1. The highest BCUT2D eigenvalue weighted by Gasteiger charge is 2.31. The van der Waals surface area contributed by atoms with Gasteiger partial charge in [0.15, 0.2) is 0 Å². The van der Waals surface area contributed by atoms with Crippen LogP contribution in [-0.2, 0) is 24.0 Å². The molecule has 30 heavy (non-hydrogen) atoms. The van der Waals surface area contributed by atoms with Crippen LogP contribution in [0.3, 0.4) is 0 Å². The zero-order chi connectivity index (χ0) is 23.4. The predicted molar refractivity (Wildman–Crippen MR) is 110 cm³/mol. The fraction of sp³-hybridized carbons (Fsp3) is 0.706. The summed E-state index contributed by atoms with van der Waals surface area (Å²) < 4.78 is 0. The number of carbonyl (C=O) groups excluding carboxylic acids is 4. The molecule has 0 aliphatic carbocycles. The number of carboxylic acids is 1. The van der Waals surface area contributed by atoms with E-state index < -0.39 is 66.8 Å². The predicted octanol–water partition coefficient (Wildman–Crippen LogP) is -2.87. The maximum absolute atomic E-state index is 12.4. The molecule has 0 fully saturated rings. The minimum atomic E-state index is -1.49. The maximum Gasteiger partial charge on any atom is 0.326 e. The van der Waals surface area contributed by atoms with Crippen LogP contribution in [0.4, 0.5) is 0 Å². The van der Waals surface area contributed by atoms with Crippen LogP contribution in [0, 0.1) is 5.92 Å². The number of nitrogens with two attached hydrogens (primary N) is 2. The second-order valence-corrected chi connectivity index (χ2v) is 7.91. The van der Waals surface area contributed by atoms with Gasteiger partial charge in [0.2, 0.25) is 23.6 Å². The van der Waals surface area contributed by atoms with E-state index in [0.29, 0.717) is 5.75 Å². The first kappa shape index (κ1) is 27.6. The second-order valence-electron chi connectivity index (χ2n) is 6.93. The van der Waals surface area contributed by atoms with Crippen molar-refractivity contribution in [3.63, 3.8) is 0 Å². The van der Waals surface area contributed by atoms with Gasteiger partial charge in [-0.1, -0.05) is 13.8 Å². The van der Waals surface area contributed by atoms with E-state index in [4.69, 9.17) is 11.5 Å². The van der Waals surface area contributed by atoms with Gasteiger partial charge in [0.25, 0.3) is 0 Å². The van der Waals surface area contributed by atoms with Crippen molar-refractivity contribution in [1.29, 1.82) is 0 Å². The highest BCUT2D eigenvalue weighted by atomic mass is 32.2. The molecule has 0 rings (SSSR count). The van der Waals surface area contributed by atoms with Crippen LogP contribution in [-0.4, -0.2) is 82.6 Å². The third kappa shape index (κ3) is 9.89. The molecule has 0 heterocycles. The molecule has 13 heteroatoms. The molecule has 0 aromatic rings. The summed E-state index contributed by atoms with van der Waals surface area (Å²) >= 11 is 1.38. The molecule has 0 radical (unpaired) electrons. The van der Waals surface area contributed by atoms with E-state index in [1.54, 1.807) is 20.1 Å². The van der Waals surface area contributed by atoms with Crippen LogP contribution in [0.25, 0.3) is 0 Å². The SMILES string of the molecule is CSCCC(NC(=O)C(CC(N)=O)NC(=O)C(CO)NC(=O)C(N)C(C)C)C(=O)O. The fourth-order valence-electron chi connectivity index (χ4n) is 2.21. The van der Waals surface area contributed by atoms with E-state index in [2.05, 4.69) is 16.0 Å². The highest BCUT2D eigenvalue weighted by molar-refractivity contribution is 7.98. The molecule has 9 N–H and O–H groups in total. The summed E-state index contributed by atoms with van der Waals surface area (Å²) in [5.74, 6) is -4.54. The number of aliphatic hydroxyl groups excluding tert-OH is 1. The van der Waals surface area contributed by atoms with Crippen LogP contribution in [0.1, 0.15) is 26.7 Å². The van der Waals surface area contributed by atoms with Gasteiger partial charge < -0.3 is 37.6 Å². The number of hydrogen-bond donors (Lipinski definition) is 7. The maximum atomic E-state index is 12.4.